The van der Waals surface area contributed by atoms with E-state index in [-0.39, 0.29) is 18.4 Å². The summed E-state index contributed by atoms with van der Waals surface area (Å²) in [5.41, 5.74) is 0.433. The Morgan fingerprint density at radius 3 is 2.86 bits per heavy atom. The SMILES string of the molecule is C[C@@H]1CCCC[C@@]12NC(=O)N(CC(=O)OCc1cc(-c3ccccc3)on1)C2=O. The zero-order valence-corrected chi connectivity index (χ0v) is 16.2. The molecule has 0 bridgehead atoms. The number of benzene rings is 1. The summed E-state index contributed by atoms with van der Waals surface area (Å²) in [4.78, 5) is 38.4. The second kappa shape index (κ2) is 7.69. The molecule has 2 atom stereocenters. The number of imide groups is 1. The molecule has 2 aromatic rings. The van der Waals surface area contributed by atoms with Gasteiger partial charge in [-0.25, -0.2) is 4.79 Å². The van der Waals surface area contributed by atoms with Gasteiger partial charge in [0.2, 0.25) is 0 Å². The lowest BCUT2D eigenvalue weighted by Gasteiger charge is -2.36. The molecule has 2 heterocycles. The normalized spacial score (nSPS) is 24.0. The van der Waals surface area contributed by atoms with Gasteiger partial charge >= 0.3 is 12.0 Å². The number of amides is 3. The number of hydrogen-bond acceptors (Lipinski definition) is 6. The summed E-state index contributed by atoms with van der Waals surface area (Å²) in [6, 6.07) is 10.6. The molecule has 4 rings (SSSR count). The molecule has 1 saturated heterocycles. The van der Waals surface area contributed by atoms with Crippen LogP contribution >= 0.6 is 0 Å². The number of aromatic nitrogens is 1. The Morgan fingerprint density at radius 1 is 1.31 bits per heavy atom. The predicted molar refractivity (Wildman–Crippen MR) is 102 cm³/mol. The molecule has 1 aromatic heterocycles. The third kappa shape index (κ3) is 3.62. The van der Waals surface area contributed by atoms with Gasteiger partial charge in [-0.15, -0.1) is 0 Å². The Kier molecular flexibility index (Phi) is 5.08. The number of carbonyl (C=O) groups excluding carboxylic acids is 3. The summed E-state index contributed by atoms with van der Waals surface area (Å²) in [5, 5.41) is 6.71. The summed E-state index contributed by atoms with van der Waals surface area (Å²) in [7, 11) is 0. The Labute approximate surface area is 168 Å². The molecule has 1 saturated carbocycles. The van der Waals surface area contributed by atoms with Crippen molar-refractivity contribution in [2.75, 3.05) is 6.54 Å². The summed E-state index contributed by atoms with van der Waals surface area (Å²) < 4.78 is 10.5. The van der Waals surface area contributed by atoms with Crippen LogP contribution in [-0.4, -0.2) is 40.0 Å². The number of ether oxygens (including phenoxy) is 1. The molecule has 8 nitrogen and oxygen atoms in total. The highest BCUT2D eigenvalue weighted by atomic mass is 16.5. The second-order valence-corrected chi connectivity index (χ2v) is 7.65. The van der Waals surface area contributed by atoms with E-state index in [4.69, 9.17) is 9.26 Å². The van der Waals surface area contributed by atoms with E-state index in [9.17, 15) is 14.4 Å². The summed E-state index contributed by atoms with van der Waals surface area (Å²) >= 11 is 0. The van der Waals surface area contributed by atoms with Crippen molar-refractivity contribution in [2.24, 2.45) is 5.92 Å². The third-order valence-electron chi connectivity index (χ3n) is 5.79. The molecule has 1 spiro atoms. The maximum atomic E-state index is 12.9. The lowest BCUT2D eigenvalue weighted by Crippen LogP contribution is -2.54. The van der Waals surface area contributed by atoms with Gasteiger partial charge in [-0.3, -0.25) is 14.5 Å². The quantitative estimate of drug-likeness (QED) is 0.615. The first-order valence-electron chi connectivity index (χ1n) is 9.80. The van der Waals surface area contributed by atoms with Crippen molar-refractivity contribution in [3.63, 3.8) is 0 Å². The standard InChI is InChI=1S/C21H23N3O5/c1-14-7-5-6-10-21(14)19(26)24(20(27)22-21)12-18(25)28-13-16-11-17(29-23-16)15-8-3-2-4-9-15/h2-4,8-9,11,14H,5-7,10,12-13H2,1H3,(H,22,27)/t14-,21-/m1/s1. The van der Waals surface area contributed by atoms with E-state index in [1.165, 1.54) is 0 Å². The van der Waals surface area contributed by atoms with Gasteiger partial charge in [-0.2, -0.15) is 0 Å². The Hall–Kier alpha value is -3.16. The molecule has 1 N–H and O–H groups in total. The molecule has 0 unspecified atom stereocenters. The van der Waals surface area contributed by atoms with E-state index in [0.717, 1.165) is 29.7 Å². The van der Waals surface area contributed by atoms with Crippen LogP contribution in [0.1, 0.15) is 38.3 Å². The fraction of sp³-hybridized carbons (Fsp3) is 0.429. The van der Waals surface area contributed by atoms with E-state index < -0.39 is 24.1 Å². The zero-order valence-electron chi connectivity index (χ0n) is 16.2. The largest absolute Gasteiger partial charge is 0.458 e. The van der Waals surface area contributed by atoms with Crippen LogP contribution in [0.3, 0.4) is 0 Å². The van der Waals surface area contributed by atoms with Gasteiger partial charge in [-0.05, 0) is 18.8 Å². The smallest absolute Gasteiger partial charge is 0.326 e. The van der Waals surface area contributed by atoms with Crippen LogP contribution in [0.15, 0.2) is 40.9 Å². The van der Waals surface area contributed by atoms with Gasteiger partial charge in [0, 0.05) is 11.6 Å². The minimum Gasteiger partial charge on any atom is -0.458 e. The molecule has 2 aliphatic rings. The van der Waals surface area contributed by atoms with Gasteiger partial charge in [-0.1, -0.05) is 55.3 Å². The highest BCUT2D eigenvalue weighted by molar-refractivity contribution is 6.08. The van der Waals surface area contributed by atoms with E-state index in [0.29, 0.717) is 17.9 Å². The topological polar surface area (TPSA) is 102 Å². The lowest BCUT2D eigenvalue weighted by atomic mass is 9.73. The van der Waals surface area contributed by atoms with E-state index in [1.54, 1.807) is 6.07 Å². The van der Waals surface area contributed by atoms with Crippen molar-refractivity contribution in [3.05, 3.63) is 42.1 Å². The highest BCUT2D eigenvalue weighted by Gasteiger charge is 2.55. The first-order chi connectivity index (χ1) is 14.0. The van der Waals surface area contributed by atoms with E-state index in [2.05, 4.69) is 10.5 Å². The van der Waals surface area contributed by atoms with Gasteiger partial charge in [0.25, 0.3) is 5.91 Å². The van der Waals surface area contributed by atoms with Crippen LogP contribution in [-0.2, 0) is 20.9 Å². The van der Waals surface area contributed by atoms with Crippen LogP contribution in [0.25, 0.3) is 11.3 Å². The fourth-order valence-electron chi connectivity index (χ4n) is 4.09. The van der Waals surface area contributed by atoms with Crippen LogP contribution in [0.2, 0.25) is 0 Å². The number of urea groups is 1. The van der Waals surface area contributed by atoms with Crippen molar-refractivity contribution in [2.45, 2.75) is 44.8 Å². The Balaban J connectivity index is 1.35. The summed E-state index contributed by atoms with van der Waals surface area (Å²) in [6.45, 7) is 1.46. The molecule has 3 amide bonds. The van der Waals surface area contributed by atoms with Crippen molar-refractivity contribution in [3.8, 4) is 11.3 Å². The Morgan fingerprint density at radius 2 is 2.10 bits per heavy atom. The molecule has 29 heavy (non-hydrogen) atoms. The molecular weight excluding hydrogens is 374 g/mol. The van der Waals surface area contributed by atoms with Crippen molar-refractivity contribution in [1.29, 1.82) is 0 Å². The van der Waals surface area contributed by atoms with Crippen LogP contribution in [0, 0.1) is 5.92 Å². The van der Waals surface area contributed by atoms with Gasteiger partial charge < -0.3 is 14.6 Å². The summed E-state index contributed by atoms with van der Waals surface area (Å²) in [6.07, 6.45) is 3.40. The van der Waals surface area contributed by atoms with E-state index >= 15 is 0 Å². The first kappa shape index (κ1) is 19.2. The van der Waals surface area contributed by atoms with Gasteiger partial charge in [0.05, 0.1) is 0 Å². The number of esters is 1. The van der Waals surface area contributed by atoms with Crippen LogP contribution < -0.4 is 5.32 Å². The maximum Gasteiger partial charge on any atom is 0.326 e. The fourth-order valence-corrected chi connectivity index (χ4v) is 4.09. The van der Waals surface area contributed by atoms with Gasteiger partial charge in [0.1, 0.15) is 24.4 Å². The number of carbonyl (C=O) groups is 3. The molecule has 152 valence electrons. The molecule has 2 fully saturated rings. The monoisotopic (exact) mass is 397 g/mol. The number of hydrogen-bond donors (Lipinski definition) is 1. The lowest BCUT2D eigenvalue weighted by molar-refractivity contribution is -0.149. The average molecular weight is 397 g/mol. The highest BCUT2D eigenvalue weighted by Crippen LogP contribution is 2.38. The molecule has 1 aliphatic heterocycles. The average Bonchev–Trinajstić information content (AvgIpc) is 3.29. The molecule has 8 heteroatoms. The van der Waals surface area contributed by atoms with Crippen LogP contribution in [0.4, 0.5) is 4.79 Å². The number of rotatable bonds is 5. The Bertz CT molecular complexity index is 925. The van der Waals surface area contributed by atoms with Gasteiger partial charge in [0.15, 0.2) is 5.76 Å². The third-order valence-corrected chi connectivity index (χ3v) is 5.79. The summed E-state index contributed by atoms with van der Waals surface area (Å²) in [5.74, 6) is -0.392. The molecular formula is C21H23N3O5. The minimum absolute atomic E-state index is 0.0419. The molecule has 1 aliphatic carbocycles. The maximum absolute atomic E-state index is 12.9. The second-order valence-electron chi connectivity index (χ2n) is 7.65. The van der Waals surface area contributed by atoms with Crippen LogP contribution in [0.5, 0.6) is 0 Å². The van der Waals surface area contributed by atoms with E-state index in [1.807, 2.05) is 37.3 Å². The molecule has 1 aromatic carbocycles. The number of nitrogens with one attached hydrogen (secondary N) is 1. The number of nitrogens with zero attached hydrogens (tertiary/aromatic N) is 2. The molecule has 0 radical (unpaired) electrons. The zero-order chi connectivity index (χ0) is 20.4. The van der Waals surface area contributed by atoms with Crippen molar-refractivity contribution >= 4 is 17.9 Å². The predicted octanol–water partition coefficient (Wildman–Crippen LogP) is 2.89. The van der Waals surface area contributed by atoms with Crippen molar-refractivity contribution < 1.29 is 23.6 Å². The minimum atomic E-state index is -0.883. The van der Waals surface area contributed by atoms with Crippen molar-refractivity contribution in [1.82, 2.24) is 15.4 Å². The first-order valence-corrected chi connectivity index (χ1v) is 9.80.